The first-order valence-corrected chi connectivity index (χ1v) is 7.47. The van der Waals surface area contributed by atoms with E-state index in [2.05, 4.69) is 24.5 Å². The number of nitrogens with zero attached hydrogens (tertiary/aromatic N) is 5. The normalized spacial score (nSPS) is 52.0. The van der Waals surface area contributed by atoms with E-state index in [1.807, 2.05) is 0 Å². The molecule has 7 rings (SSSR count). The molecule has 0 amide bonds. The van der Waals surface area contributed by atoms with E-state index in [9.17, 15) is 0 Å². The minimum absolute atomic E-state index is 1.11. The number of rotatable bonds is 0. The predicted molar refractivity (Wildman–Crippen MR) is 70.3 cm³/mol. The van der Waals surface area contributed by atoms with Crippen LogP contribution in [0.5, 0.6) is 0 Å². The fraction of sp³-hybridized carbons (Fsp3) is 1.00. The van der Waals surface area contributed by atoms with Gasteiger partial charge in [-0.3, -0.25) is 19.6 Å². The lowest BCUT2D eigenvalue weighted by Crippen LogP contribution is -2.71. The minimum atomic E-state index is 1.11. The average molecular weight is 251 g/mol. The van der Waals surface area contributed by atoms with Crippen molar-refractivity contribution in [3.05, 3.63) is 0 Å². The molecule has 7 fully saturated rings. The largest absolute Gasteiger partial charge is 0.303 e. The number of hydrogen-bond donors (Lipinski definition) is 0. The first-order valence-electron chi connectivity index (χ1n) is 7.47. The molecule has 0 aromatic carbocycles. The van der Waals surface area contributed by atoms with Gasteiger partial charge in [0.1, 0.15) is 0 Å². The fourth-order valence-electron chi connectivity index (χ4n) is 4.10. The van der Waals surface area contributed by atoms with E-state index >= 15 is 0 Å². The van der Waals surface area contributed by atoms with Gasteiger partial charge in [0.05, 0.1) is 40.0 Å². The Kier molecular flexibility index (Phi) is 3.05. The summed E-state index contributed by atoms with van der Waals surface area (Å²) >= 11 is 0. The Morgan fingerprint density at radius 2 is 0.778 bits per heavy atom. The second-order valence-electron chi connectivity index (χ2n) is 6.61. The molecule has 7 aliphatic heterocycles. The molecule has 6 bridgehead atoms. The molecule has 0 spiro atoms. The van der Waals surface area contributed by atoms with Crippen LogP contribution in [0.4, 0.5) is 0 Å². The average Bonchev–Trinajstić information content (AvgIpc) is 2.40. The third kappa shape index (κ3) is 2.30. The summed E-state index contributed by atoms with van der Waals surface area (Å²) in [5.41, 5.74) is 0. The van der Waals surface area contributed by atoms with Crippen molar-refractivity contribution in [2.24, 2.45) is 5.92 Å². The second kappa shape index (κ2) is 4.72. The summed E-state index contributed by atoms with van der Waals surface area (Å²) in [6.45, 7) is 11.3. The lowest BCUT2D eigenvalue weighted by Gasteiger charge is -2.56. The SMILES string of the molecule is C1CN2CCC1CC2.C1N2CN3CN1CN(C2)C3. The van der Waals surface area contributed by atoms with Gasteiger partial charge in [-0.1, -0.05) is 0 Å². The van der Waals surface area contributed by atoms with Gasteiger partial charge in [-0.25, -0.2) is 0 Å². The van der Waals surface area contributed by atoms with Crippen LogP contribution < -0.4 is 0 Å². The van der Waals surface area contributed by atoms with Crippen molar-refractivity contribution in [2.45, 2.75) is 19.3 Å². The van der Waals surface area contributed by atoms with Crippen LogP contribution >= 0.6 is 0 Å². The molecule has 5 heteroatoms. The molecule has 18 heavy (non-hydrogen) atoms. The van der Waals surface area contributed by atoms with Crippen molar-refractivity contribution in [2.75, 3.05) is 59.6 Å². The number of fused-ring (bicyclic) bond motifs is 3. The van der Waals surface area contributed by atoms with E-state index in [-0.39, 0.29) is 0 Å². The Hall–Kier alpha value is -0.200. The Morgan fingerprint density at radius 3 is 0.944 bits per heavy atom. The van der Waals surface area contributed by atoms with Crippen molar-refractivity contribution in [3.63, 3.8) is 0 Å². The summed E-state index contributed by atoms with van der Waals surface area (Å²) in [6.07, 6.45) is 4.46. The molecule has 0 aromatic rings. The van der Waals surface area contributed by atoms with Gasteiger partial charge in [-0.15, -0.1) is 0 Å². The molecule has 0 atom stereocenters. The minimum Gasteiger partial charge on any atom is -0.303 e. The van der Waals surface area contributed by atoms with Gasteiger partial charge in [0.25, 0.3) is 0 Å². The molecule has 5 nitrogen and oxygen atoms in total. The van der Waals surface area contributed by atoms with E-state index in [0.717, 1.165) is 5.92 Å². The molecule has 0 aromatic heterocycles. The molecular weight excluding hydrogens is 226 g/mol. The highest BCUT2D eigenvalue weighted by atomic mass is 15.7. The highest BCUT2D eigenvalue weighted by molar-refractivity contribution is 4.80. The zero-order chi connectivity index (χ0) is 11.9. The van der Waals surface area contributed by atoms with E-state index < -0.39 is 0 Å². The second-order valence-corrected chi connectivity index (χ2v) is 6.61. The summed E-state index contributed by atoms with van der Waals surface area (Å²) in [5.74, 6) is 1.11. The van der Waals surface area contributed by atoms with Crippen molar-refractivity contribution in [1.82, 2.24) is 24.5 Å². The molecule has 0 unspecified atom stereocenters. The van der Waals surface area contributed by atoms with Crippen LogP contribution in [0, 0.1) is 5.92 Å². The summed E-state index contributed by atoms with van der Waals surface area (Å²) in [6, 6.07) is 0. The maximum atomic E-state index is 2.58. The molecule has 102 valence electrons. The summed E-state index contributed by atoms with van der Waals surface area (Å²) < 4.78 is 0. The highest BCUT2D eigenvalue weighted by Gasteiger charge is 2.36. The van der Waals surface area contributed by atoms with E-state index in [4.69, 9.17) is 0 Å². The van der Waals surface area contributed by atoms with Gasteiger partial charge in [0, 0.05) is 0 Å². The van der Waals surface area contributed by atoms with Gasteiger partial charge < -0.3 is 4.90 Å². The predicted octanol–water partition coefficient (Wildman–Crippen LogP) is 0.0823. The third-order valence-corrected chi connectivity index (χ3v) is 4.96. The van der Waals surface area contributed by atoms with Crippen LogP contribution in [-0.2, 0) is 0 Å². The number of hydrogen-bond acceptors (Lipinski definition) is 5. The first-order chi connectivity index (χ1) is 8.85. The van der Waals surface area contributed by atoms with Gasteiger partial charge in [0.2, 0.25) is 0 Å². The zero-order valence-corrected chi connectivity index (χ0v) is 11.3. The smallest absolute Gasteiger partial charge is 0.0555 e. The van der Waals surface area contributed by atoms with Crippen LogP contribution in [0.3, 0.4) is 0 Å². The van der Waals surface area contributed by atoms with Crippen molar-refractivity contribution in [1.29, 1.82) is 0 Å². The van der Waals surface area contributed by atoms with Crippen molar-refractivity contribution >= 4 is 0 Å². The van der Waals surface area contributed by atoms with E-state index in [0.29, 0.717) is 0 Å². The zero-order valence-electron chi connectivity index (χ0n) is 11.3. The molecule has 7 aliphatic rings. The molecule has 0 radical (unpaired) electrons. The Balaban J connectivity index is 0.000000101. The topological polar surface area (TPSA) is 16.2 Å². The van der Waals surface area contributed by atoms with Crippen LogP contribution in [0.15, 0.2) is 0 Å². The van der Waals surface area contributed by atoms with Gasteiger partial charge >= 0.3 is 0 Å². The maximum absolute atomic E-state index is 2.58. The van der Waals surface area contributed by atoms with E-state index in [1.54, 1.807) is 0 Å². The van der Waals surface area contributed by atoms with Gasteiger partial charge in [0.15, 0.2) is 0 Å². The molecule has 7 saturated heterocycles. The standard InChI is InChI=1S/C7H13N.C6H12N4/c1-4-8-5-2-7(1)3-6-8;1-7-2-9-4-8(1)5-10(3-7)6-9/h7H,1-6H2;1-6H2. The third-order valence-electron chi connectivity index (χ3n) is 4.96. The van der Waals surface area contributed by atoms with Gasteiger partial charge in [-0.05, 0) is 44.8 Å². The summed E-state index contributed by atoms with van der Waals surface area (Å²) in [5, 5.41) is 0. The van der Waals surface area contributed by atoms with Crippen molar-refractivity contribution in [3.8, 4) is 0 Å². The van der Waals surface area contributed by atoms with Crippen molar-refractivity contribution < 1.29 is 0 Å². The van der Waals surface area contributed by atoms with Crippen LogP contribution in [0.1, 0.15) is 19.3 Å². The number of piperidine rings is 3. The molecule has 0 aliphatic carbocycles. The molecule has 7 heterocycles. The summed E-state index contributed by atoms with van der Waals surface area (Å²) in [7, 11) is 0. The Morgan fingerprint density at radius 1 is 0.444 bits per heavy atom. The van der Waals surface area contributed by atoms with E-state index in [1.165, 1.54) is 78.9 Å². The Bertz CT molecular complexity index is 220. The molecular formula is C13H25N5. The maximum Gasteiger partial charge on any atom is 0.0555 e. The monoisotopic (exact) mass is 251 g/mol. The van der Waals surface area contributed by atoms with Crippen LogP contribution in [0.25, 0.3) is 0 Å². The fourth-order valence-corrected chi connectivity index (χ4v) is 4.10. The summed E-state index contributed by atoms with van der Waals surface area (Å²) in [4.78, 5) is 12.5. The van der Waals surface area contributed by atoms with Crippen LogP contribution in [-0.4, -0.2) is 84.1 Å². The first kappa shape index (κ1) is 11.6. The highest BCUT2D eigenvalue weighted by Crippen LogP contribution is 2.26. The lowest BCUT2D eigenvalue weighted by atomic mass is 9.89. The van der Waals surface area contributed by atoms with Gasteiger partial charge in [-0.2, -0.15) is 0 Å². The lowest BCUT2D eigenvalue weighted by molar-refractivity contribution is -0.194. The Labute approximate surface area is 110 Å². The molecule has 0 saturated carbocycles. The van der Waals surface area contributed by atoms with Crippen LogP contribution in [0.2, 0.25) is 0 Å². The molecule has 0 N–H and O–H groups in total. The quantitative estimate of drug-likeness (QED) is 0.604.